The average Bonchev–Trinajstić information content (AvgIpc) is 2.29. The summed E-state index contributed by atoms with van der Waals surface area (Å²) < 4.78 is 0. The van der Waals surface area contributed by atoms with Crippen LogP contribution in [-0.2, 0) is 10.1 Å². The van der Waals surface area contributed by atoms with E-state index in [0.29, 0.717) is 24.1 Å². The fourth-order valence-electron chi connectivity index (χ4n) is 1.39. The van der Waals surface area contributed by atoms with Crippen LogP contribution in [-0.4, -0.2) is 28.5 Å². The molecule has 1 N–H and O–H groups in total. The van der Waals surface area contributed by atoms with Gasteiger partial charge in [-0.15, -0.1) is 0 Å². The van der Waals surface area contributed by atoms with Gasteiger partial charge in [0.2, 0.25) is 5.91 Å². The first-order valence-corrected chi connectivity index (χ1v) is 5.81. The zero-order valence-corrected chi connectivity index (χ0v) is 9.90. The Kier molecular flexibility index (Phi) is 3.14. The molecule has 16 heavy (non-hydrogen) atoms. The second kappa shape index (κ2) is 4.56. The Balaban J connectivity index is 2.23. The maximum absolute atomic E-state index is 11.5. The molecule has 2 heterocycles. The van der Waals surface area contributed by atoms with Crippen molar-refractivity contribution in [3.05, 3.63) is 18.1 Å². The lowest BCUT2D eigenvalue weighted by Gasteiger charge is -2.25. The largest absolute Gasteiger partial charge is 0.329 e. The zero-order valence-electron chi connectivity index (χ0n) is 8.31. The number of nitrogens with zero attached hydrogens (tertiary/aromatic N) is 3. The summed E-state index contributed by atoms with van der Waals surface area (Å²) in [4.78, 5) is 31.9. The van der Waals surface area contributed by atoms with Crippen molar-refractivity contribution in [3.63, 3.8) is 0 Å². The van der Waals surface area contributed by atoms with E-state index in [1.807, 2.05) is 0 Å². The third-order valence-electron chi connectivity index (χ3n) is 2.18. The zero-order chi connectivity index (χ0) is 11.5. The highest BCUT2D eigenvalue weighted by Gasteiger charge is 2.25. The quantitative estimate of drug-likeness (QED) is 0.816. The van der Waals surface area contributed by atoms with Crippen LogP contribution in [0, 0.1) is 0 Å². The average molecular weight is 285 g/mol. The molecular weight excluding hydrogens is 276 g/mol. The summed E-state index contributed by atoms with van der Waals surface area (Å²) in [7, 11) is 0. The molecule has 1 aromatic heterocycles. The third kappa shape index (κ3) is 2.19. The fraction of sp³-hybridized carbons (Fsp3) is 0.333. The lowest BCUT2D eigenvalue weighted by molar-refractivity contribution is -0.120. The van der Waals surface area contributed by atoms with Crippen molar-refractivity contribution in [3.8, 4) is 0 Å². The summed E-state index contributed by atoms with van der Waals surface area (Å²) in [6, 6.07) is 1.28. The summed E-state index contributed by atoms with van der Waals surface area (Å²) in [6.07, 6.45) is 1.69. The number of anilines is 1. The number of alkyl halides is 1. The van der Waals surface area contributed by atoms with E-state index in [4.69, 9.17) is 0 Å². The smallest absolute Gasteiger partial charge is 0.278 e. The van der Waals surface area contributed by atoms with E-state index in [0.717, 1.165) is 5.69 Å². The number of urea groups is 1. The molecule has 0 aromatic carbocycles. The van der Waals surface area contributed by atoms with E-state index in [2.05, 4.69) is 31.2 Å². The van der Waals surface area contributed by atoms with Crippen LogP contribution < -0.4 is 10.2 Å². The number of amides is 3. The second-order valence-electron chi connectivity index (χ2n) is 3.26. The lowest BCUT2D eigenvalue weighted by Crippen LogP contribution is -2.49. The number of hydrogen-bond acceptors (Lipinski definition) is 4. The van der Waals surface area contributed by atoms with Gasteiger partial charge in [-0.25, -0.2) is 14.8 Å². The number of carbonyl (C=O) groups excluding carboxylic acids is 2. The second-order valence-corrected chi connectivity index (χ2v) is 3.82. The highest BCUT2D eigenvalue weighted by atomic mass is 79.9. The molecule has 1 aliphatic heterocycles. The minimum atomic E-state index is -0.435. The molecule has 0 unspecified atom stereocenters. The first-order valence-electron chi connectivity index (χ1n) is 4.69. The van der Waals surface area contributed by atoms with Crippen molar-refractivity contribution in [2.75, 3.05) is 11.4 Å². The highest BCUT2D eigenvalue weighted by molar-refractivity contribution is 9.08. The number of imide groups is 1. The summed E-state index contributed by atoms with van der Waals surface area (Å²) in [5.41, 5.74) is 0.787. The Hall–Kier alpha value is -1.50. The maximum atomic E-state index is 11.5. The van der Waals surface area contributed by atoms with Gasteiger partial charge >= 0.3 is 6.03 Å². The number of nitrogens with one attached hydrogen (secondary N) is 1. The maximum Gasteiger partial charge on any atom is 0.329 e. The van der Waals surface area contributed by atoms with Crippen LogP contribution in [0.2, 0.25) is 0 Å². The molecule has 0 radical (unpaired) electrons. The van der Waals surface area contributed by atoms with Crippen LogP contribution in [0.3, 0.4) is 0 Å². The van der Waals surface area contributed by atoms with E-state index >= 15 is 0 Å². The molecule has 3 amide bonds. The Morgan fingerprint density at radius 1 is 1.44 bits per heavy atom. The summed E-state index contributed by atoms with van der Waals surface area (Å²) in [6.45, 7) is 0.351. The number of hydrogen-bond donors (Lipinski definition) is 1. The normalized spacial score (nSPS) is 16.2. The van der Waals surface area contributed by atoms with E-state index < -0.39 is 6.03 Å². The number of rotatable bonds is 2. The Labute approximate surface area is 100 Å². The van der Waals surface area contributed by atoms with Gasteiger partial charge in [-0.05, 0) is 0 Å². The molecule has 0 atom stereocenters. The Bertz CT molecular complexity index is 437. The molecule has 1 aromatic rings. The van der Waals surface area contributed by atoms with Gasteiger partial charge in [0.15, 0.2) is 0 Å². The van der Waals surface area contributed by atoms with Crippen LogP contribution >= 0.6 is 15.9 Å². The Morgan fingerprint density at radius 3 is 2.94 bits per heavy atom. The van der Waals surface area contributed by atoms with Gasteiger partial charge in [0.25, 0.3) is 0 Å². The van der Waals surface area contributed by atoms with E-state index in [1.165, 1.54) is 11.2 Å². The molecule has 7 heteroatoms. The molecule has 0 saturated carbocycles. The monoisotopic (exact) mass is 284 g/mol. The lowest BCUT2D eigenvalue weighted by atomic mass is 10.3. The van der Waals surface area contributed by atoms with Gasteiger partial charge in [-0.1, -0.05) is 15.9 Å². The van der Waals surface area contributed by atoms with Crippen molar-refractivity contribution >= 4 is 33.7 Å². The van der Waals surface area contributed by atoms with Gasteiger partial charge < -0.3 is 0 Å². The third-order valence-corrected chi connectivity index (χ3v) is 2.75. The van der Waals surface area contributed by atoms with Crippen molar-refractivity contribution in [2.24, 2.45) is 0 Å². The standard InChI is InChI=1S/C9H9BrN4O2/c10-4-6-3-7(12-5-11-6)14-2-1-8(15)13-9(14)16/h3,5H,1-2,4H2,(H,13,15,16). The van der Waals surface area contributed by atoms with Crippen LogP contribution in [0.5, 0.6) is 0 Å². The summed E-state index contributed by atoms with van der Waals surface area (Å²) in [5, 5.41) is 2.84. The molecule has 84 valence electrons. The molecule has 6 nitrogen and oxygen atoms in total. The molecule has 1 fully saturated rings. The van der Waals surface area contributed by atoms with Crippen LogP contribution in [0.15, 0.2) is 12.4 Å². The fourth-order valence-corrected chi connectivity index (χ4v) is 1.70. The first kappa shape index (κ1) is 11.0. The number of carbonyl (C=O) groups is 2. The van der Waals surface area contributed by atoms with E-state index in [1.54, 1.807) is 6.07 Å². The van der Waals surface area contributed by atoms with Gasteiger partial charge in [0, 0.05) is 24.4 Å². The first-order chi connectivity index (χ1) is 7.70. The van der Waals surface area contributed by atoms with Gasteiger partial charge in [-0.3, -0.25) is 15.0 Å². The molecule has 0 spiro atoms. The van der Waals surface area contributed by atoms with Crippen LogP contribution in [0.4, 0.5) is 10.6 Å². The van der Waals surface area contributed by atoms with Crippen molar-refractivity contribution in [1.29, 1.82) is 0 Å². The van der Waals surface area contributed by atoms with Crippen molar-refractivity contribution < 1.29 is 9.59 Å². The summed E-state index contributed by atoms with van der Waals surface area (Å²) in [5.74, 6) is 0.255. The van der Waals surface area contributed by atoms with Crippen molar-refractivity contribution in [2.45, 2.75) is 11.8 Å². The topological polar surface area (TPSA) is 75.2 Å². The van der Waals surface area contributed by atoms with E-state index in [-0.39, 0.29) is 5.91 Å². The Morgan fingerprint density at radius 2 is 2.25 bits per heavy atom. The van der Waals surface area contributed by atoms with E-state index in [9.17, 15) is 9.59 Å². The molecule has 1 saturated heterocycles. The van der Waals surface area contributed by atoms with Gasteiger partial charge in [0.05, 0.1) is 5.69 Å². The predicted molar refractivity (Wildman–Crippen MR) is 60.2 cm³/mol. The van der Waals surface area contributed by atoms with Gasteiger partial charge in [0.1, 0.15) is 12.1 Å². The minimum absolute atomic E-state index is 0.254. The molecule has 0 bridgehead atoms. The number of halogens is 1. The van der Waals surface area contributed by atoms with Crippen LogP contribution in [0.1, 0.15) is 12.1 Å². The SMILES string of the molecule is O=C1CCN(c2cc(CBr)ncn2)C(=O)N1. The molecular formula is C9H9BrN4O2. The predicted octanol–water partition coefficient (Wildman–Crippen LogP) is 0.818. The minimum Gasteiger partial charge on any atom is -0.278 e. The number of aromatic nitrogens is 2. The van der Waals surface area contributed by atoms with Crippen molar-refractivity contribution in [1.82, 2.24) is 15.3 Å². The van der Waals surface area contributed by atoms with Gasteiger partial charge in [-0.2, -0.15) is 0 Å². The molecule has 2 rings (SSSR count). The molecule has 1 aliphatic rings. The highest BCUT2D eigenvalue weighted by Crippen LogP contribution is 2.15. The summed E-state index contributed by atoms with van der Waals surface area (Å²) >= 11 is 3.28. The molecule has 0 aliphatic carbocycles. The van der Waals surface area contributed by atoms with Crippen LogP contribution in [0.25, 0.3) is 0 Å².